The van der Waals surface area contributed by atoms with Gasteiger partial charge in [0.15, 0.2) is 0 Å². The molecule has 1 amide bonds. The lowest BCUT2D eigenvalue weighted by molar-refractivity contribution is -0.121. The molecule has 0 bridgehead atoms. The van der Waals surface area contributed by atoms with Crippen LogP contribution in [0.5, 0.6) is 0 Å². The third-order valence-corrected chi connectivity index (χ3v) is 5.15. The molecule has 1 aliphatic heterocycles. The topological polar surface area (TPSA) is 53.6 Å². The summed E-state index contributed by atoms with van der Waals surface area (Å²) in [7, 11) is 0. The minimum absolute atomic E-state index is 0.0294. The number of hydrogen-bond acceptors (Lipinski definition) is 4. The summed E-state index contributed by atoms with van der Waals surface area (Å²) in [5.74, 6) is -0.0294. The number of nitrogens with zero attached hydrogens (tertiary/aromatic N) is 1. The Hall–Kier alpha value is -0.850. The Morgan fingerprint density at radius 3 is 2.64 bits per heavy atom. The van der Waals surface area contributed by atoms with Crippen LogP contribution in [0.25, 0.3) is 0 Å². The van der Waals surface area contributed by atoms with Crippen LogP contribution in [0.15, 0.2) is 18.2 Å². The summed E-state index contributed by atoms with van der Waals surface area (Å²) in [4.78, 5) is 14.5. The predicted octanol–water partition coefficient (Wildman–Crippen LogP) is 2.87. The number of halogens is 2. The summed E-state index contributed by atoms with van der Waals surface area (Å²) in [6.45, 7) is 10.4. The van der Waals surface area contributed by atoms with Gasteiger partial charge in [0.2, 0.25) is 5.91 Å². The summed E-state index contributed by atoms with van der Waals surface area (Å²) < 4.78 is 5.39. The molecule has 1 heterocycles. The van der Waals surface area contributed by atoms with Crippen molar-refractivity contribution in [3.05, 3.63) is 33.8 Å². The molecule has 0 saturated carbocycles. The van der Waals surface area contributed by atoms with E-state index in [0.717, 1.165) is 31.9 Å². The van der Waals surface area contributed by atoms with Gasteiger partial charge in [-0.05, 0) is 38.5 Å². The van der Waals surface area contributed by atoms with E-state index in [1.165, 1.54) is 0 Å². The highest BCUT2D eigenvalue weighted by atomic mass is 35.5. The number of carbonyl (C=O) groups is 1. The highest BCUT2D eigenvalue weighted by molar-refractivity contribution is 6.35. The maximum Gasteiger partial charge on any atom is 0.234 e. The standard InChI is InChI=1S/C18H27Cl2N3O2/c1-13(15-5-4-14(19)10-16(15)20)21-11-17(24)22-12-18(2,3)23-6-8-25-9-7-23/h4-5,10,13,21H,6-9,11-12H2,1-3H3,(H,22,24). The van der Waals surface area contributed by atoms with Crippen molar-refractivity contribution in [1.82, 2.24) is 15.5 Å². The molecular formula is C18H27Cl2N3O2. The van der Waals surface area contributed by atoms with Crippen LogP contribution >= 0.6 is 23.2 Å². The Labute approximate surface area is 160 Å². The van der Waals surface area contributed by atoms with E-state index in [4.69, 9.17) is 27.9 Å². The number of rotatable bonds is 7. The fraction of sp³-hybridized carbons (Fsp3) is 0.611. The van der Waals surface area contributed by atoms with Gasteiger partial charge >= 0.3 is 0 Å². The van der Waals surface area contributed by atoms with Crippen molar-refractivity contribution in [2.24, 2.45) is 0 Å². The number of nitrogens with one attached hydrogen (secondary N) is 2. The lowest BCUT2D eigenvalue weighted by Gasteiger charge is -2.40. The first-order valence-electron chi connectivity index (χ1n) is 8.57. The zero-order valence-corrected chi connectivity index (χ0v) is 16.6. The number of benzene rings is 1. The van der Waals surface area contributed by atoms with E-state index in [1.807, 2.05) is 13.0 Å². The summed E-state index contributed by atoms with van der Waals surface area (Å²) >= 11 is 12.1. The monoisotopic (exact) mass is 387 g/mol. The predicted molar refractivity (Wildman–Crippen MR) is 102 cm³/mol. The number of carbonyl (C=O) groups excluding carboxylic acids is 1. The van der Waals surface area contributed by atoms with Gasteiger partial charge < -0.3 is 15.4 Å². The summed E-state index contributed by atoms with van der Waals surface area (Å²) in [6.07, 6.45) is 0. The number of morpholine rings is 1. The molecule has 0 spiro atoms. The highest BCUT2D eigenvalue weighted by Crippen LogP contribution is 2.25. The maximum absolute atomic E-state index is 12.2. The molecule has 2 N–H and O–H groups in total. The molecule has 7 heteroatoms. The van der Waals surface area contributed by atoms with Crippen molar-refractivity contribution in [3.8, 4) is 0 Å². The fourth-order valence-electron chi connectivity index (χ4n) is 2.87. The molecule has 0 aromatic heterocycles. The highest BCUT2D eigenvalue weighted by Gasteiger charge is 2.28. The first-order chi connectivity index (χ1) is 11.8. The van der Waals surface area contributed by atoms with Gasteiger partial charge in [0, 0.05) is 41.3 Å². The van der Waals surface area contributed by atoms with Crippen molar-refractivity contribution in [3.63, 3.8) is 0 Å². The average molecular weight is 388 g/mol. The molecule has 0 aliphatic carbocycles. The number of hydrogen-bond donors (Lipinski definition) is 2. The third kappa shape index (κ3) is 6.12. The van der Waals surface area contributed by atoms with E-state index in [1.54, 1.807) is 12.1 Å². The minimum atomic E-state index is -0.0927. The van der Waals surface area contributed by atoms with Crippen LogP contribution in [-0.2, 0) is 9.53 Å². The van der Waals surface area contributed by atoms with Crippen molar-refractivity contribution in [2.75, 3.05) is 39.4 Å². The normalized spacial score (nSPS) is 17.3. The van der Waals surface area contributed by atoms with E-state index in [0.29, 0.717) is 16.6 Å². The van der Waals surface area contributed by atoms with E-state index in [9.17, 15) is 4.79 Å². The zero-order valence-electron chi connectivity index (χ0n) is 15.1. The van der Waals surface area contributed by atoms with Gasteiger partial charge in [-0.2, -0.15) is 0 Å². The molecule has 5 nitrogen and oxygen atoms in total. The van der Waals surface area contributed by atoms with Crippen LogP contribution in [0.4, 0.5) is 0 Å². The van der Waals surface area contributed by atoms with Crippen LogP contribution in [-0.4, -0.2) is 55.7 Å². The molecule has 1 fully saturated rings. The largest absolute Gasteiger partial charge is 0.379 e. The molecule has 1 unspecified atom stereocenters. The lowest BCUT2D eigenvalue weighted by atomic mass is 10.0. The summed E-state index contributed by atoms with van der Waals surface area (Å²) in [6, 6.07) is 5.35. The molecular weight excluding hydrogens is 361 g/mol. The van der Waals surface area contributed by atoms with Crippen LogP contribution in [0.1, 0.15) is 32.4 Å². The zero-order chi connectivity index (χ0) is 18.4. The van der Waals surface area contributed by atoms with Gasteiger partial charge in [0.25, 0.3) is 0 Å². The van der Waals surface area contributed by atoms with E-state index >= 15 is 0 Å². The van der Waals surface area contributed by atoms with Gasteiger partial charge in [-0.15, -0.1) is 0 Å². The second-order valence-corrected chi connectivity index (χ2v) is 7.80. The van der Waals surface area contributed by atoms with Crippen molar-refractivity contribution < 1.29 is 9.53 Å². The first kappa shape index (κ1) is 20.5. The molecule has 1 aromatic rings. The first-order valence-corrected chi connectivity index (χ1v) is 9.33. The van der Waals surface area contributed by atoms with Gasteiger partial charge in [-0.1, -0.05) is 29.3 Å². The fourth-order valence-corrected chi connectivity index (χ4v) is 3.44. The molecule has 1 atom stereocenters. The molecule has 1 aromatic carbocycles. The minimum Gasteiger partial charge on any atom is -0.379 e. The molecule has 25 heavy (non-hydrogen) atoms. The van der Waals surface area contributed by atoms with E-state index in [2.05, 4.69) is 29.4 Å². The third-order valence-electron chi connectivity index (χ3n) is 4.58. The van der Waals surface area contributed by atoms with Crippen molar-refractivity contribution in [2.45, 2.75) is 32.4 Å². The Bertz CT molecular complexity index is 590. The van der Waals surface area contributed by atoms with E-state index < -0.39 is 0 Å². The molecule has 1 saturated heterocycles. The molecule has 0 radical (unpaired) electrons. The maximum atomic E-state index is 12.2. The van der Waals surface area contributed by atoms with Crippen molar-refractivity contribution in [1.29, 1.82) is 0 Å². The molecule has 140 valence electrons. The van der Waals surface area contributed by atoms with Crippen LogP contribution in [0, 0.1) is 0 Å². The number of amides is 1. The Balaban J connectivity index is 1.78. The van der Waals surface area contributed by atoms with Crippen LogP contribution in [0.3, 0.4) is 0 Å². The van der Waals surface area contributed by atoms with Gasteiger partial charge in [-0.3, -0.25) is 9.69 Å². The molecule has 1 aliphatic rings. The Morgan fingerprint density at radius 1 is 1.32 bits per heavy atom. The summed E-state index contributed by atoms with van der Waals surface area (Å²) in [5, 5.41) is 7.41. The van der Waals surface area contributed by atoms with E-state index in [-0.39, 0.29) is 24.0 Å². The average Bonchev–Trinajstić information content (AvgIpc) is 2.58. The summed E-state index contributed by atoms with van der Waals surface area (Å²) in [5.41, 5.74) is 0.831. The van der Waals surface area contributed by atoms with Crippen LogP contribution < -0.4 is 10.6 Å². The lowest BCUT2D eigenvalue weighted by Crippen LogP contribution is -2.56. The molecule has 2 rings (SSSR count). The second kappa shape index (κ2) is 9.19. The number of ether oxygens (including phenoxy) is 1. The van der Waals surface area contributed by atoms with Gasteiger partial charge in [-0.25, -0.2) is 0 Å². The van der Waals surface area contributed by atoms with Crippen molar-refractivity contribution >= 4 is 29.1 Å². The smallest absolute Gasteiger partial charge is 0.234 e. The van der Waals surface area contributed by atoms with Crippen LogP contribution in [0.2, 0.25) is 10.0 Å². The second-order valence-electron chi connectivity index (χ2n) is 6.96. The Kier molecular flexibility index (Phi) is 7.52. The quantitative estimate of drug-likeness (QED) is 0.754. The van der Waals surface area contributed by atoms with Gasteiger partial charge in [0.1, 0.15) is 0 Å². The Morgan fingerprint density at radius 2 is 2.00 bits per heavy atom. The van der Waals surface area contributed by atoms with Gasteiger partial charge in [0.05, 0.1) is 19.8 Å². The SMILES string of the molecule is CC(NCC(=O)NCC(C)(C)N1CCOCC1)c1ccc(Cl)cc1Cl.